The van der Waals surface area contributed by atoms with Gasteiger partial charge in [-0.2, -0.15) is 5.10 Å². The maximum Gasteiger partial charge on any atom is 0.124 e. The number of methoxy groups -OCH3 is 1. The van der Waals surface area contributed by atoms with Gasteiger partial charge in [0.15, 0.2) is 0 Å². The van der Waals surface area contributed by atoms with E-state index in [1.54, 1.807) is 7.11 Å². The fraction of sp³-hybridized carbons (Fsp3) is 0.438. The van der Waals surface area contributed by atoms with Crippen molar-refractivity contribution in [3.8, 4) is 11.5 Å². The Balaban J connectivity index is 1.94. The van der Waals surface area contributed by atoms with Crippen molar-refractivity contribution in [3.63, 3.8) is 0 Å². The second-order valence-electron chi connectivity index (χ2n) is 5.41. The molecule has 0 radical (unpaired) electrons. The normalized spacial score (nSPS) is 17.0. The highest BCUT2D eigenvalue weighted by molar-refractivity contribution is 5.55. The summed E-state index contributed by atoms with van der Waals surface area (Å²) in [6.45, 7) is 4.82. The van der Waals surface area contributed by atoms with E-state index < -0.39 is 0 Å². The molecule has 0 spiro atoms. The molecule has 5 nitrogen and oxygen atoms in total. The fourth-order valence-corrected chi connectivity index (χ4v) is 2.81. The fourth-order valence-electron chi connectivity index (χ4n) is 2.81. The number of nitrogens with one attached hydrogen (secondary N) is 1. The third-order valence-electron chi connectivity index (χ3n) is 4.08. The van der Waals surface area contributed by atoms with Crippen LogP contribution in [0.5, 0.6) is 11.5 Å². The molecular formula is C16H21N3O2. The summed E-state index contributed by atoms with van der Waals surface area (Å²) in [5.41, 5.74) is 4.41. The van der Waals surface area contributed by atoms with E-state index in [-0.39, 0.29) is 6.04 Å². The minimum absolute atomic E-state index is 0.213. The number of rotatable bonds is 3. The van der Waals surface area contributed by atoms with Crippen LogP contribution in [0.2, 0.25) is 0 Å². The summed E-state index contributed by atoms with van der Waals surface area (Å²) in [5.74, 6) is 1.78. The molecule has 1 aliphatic rings. The first-order chi connectivity index (χ1) is 10.1. The van der Waals surface area contributed by atoms with E-state index in [0.29, 0.717) is 0 Å². The van der Waals surface area contributed by atoms with E-state index in [4.69, 9.17) is 9.47 Å². The van der Waals surface area contributed by atoms with Gasteiger partial charge in [-0.15, -0.1) is 0 Å². The molecule has 0 saturated carbocycles. The zero-order valence-electron chi connectivity index (χ0n) is 12.9. The monoisotopic (exact) mass is 287 g/mol. The van der Waals surface area contributed by atoms with E-state index in [2.05, 4.69) is 17.3 Å². The Bertz CT molecular complexity index is 664. The molecule has 112 valence electrons. The number of ether oxygens (including phenoxy) is 2. The number of aromatic nitrogens is 2. The first-order valence-electron chi connectivity index (χ1n) is 7.17. The van der Waals surface area contributed by atoms with Crippen LogP contribution < -0.4 is 14.8 Å². The Morgan fingerprint density at radius 1 is 1.38 bits per heavy atom. The Kier molecular flexibility index (Phi) is 3.49. The lowest BCUT2D eigenvalue weighted by atomic mass is 9.99. The molecule has 21 heavy (non-hydrogen) atoms. The Morgan fingerprint density at radius 3 is 2.86 bits per heavy atom. The van der Waals surface area contributed by atoms with Crippen LogP contribution in [-0.2, 0) is 7.05 Å². The highest BCUT2D eigenvalue weighted by Crippen LogP contribution is 2.37. The number of hydrogen-bond donors (Lipinski definition) is 1. The second kappa shape index (κ2) is 5.31. The molecule has 2 heterocycles. The van der Waals surface area contributed by atoms with Gasteiger partial charge in [-0.25, -0.2) is 0 Å². The standard InChI is InChI=1S/C16H21N3O2/c1-10-16(11(2)19(3)18-10)17-14-7-8-21-15-6-5-12(20-4)9-13(14)15/h5-6,9,14,17H,7-8H2,1-4H3. The Hall–Kier alpha value is -2.17. The maximum absolute atomic E-state index is 5.74. The Labute approximate surface area is 124 Å². The van der Waals surface area contributed by atoms with Crippen molar-refractivity contribution in [2.75, 3.05) is 19.0 Å². The zero-order valence-corrected chi connectivity index (χ0v) is 12.9. The van der Waals surface area contributed by atoms with Gasteiger partial charge >= 0.3 is 0 Å². The summed E-state index contributed by atoms with van der Waals surface area (Å²) >= 11 is 0. The number of fused-ring (bicyclic) bond motifs is 1. The van der Waals surface area contributed by atoms with Crippen LogP contribution in [0.1, 0.15) is 29.4 Å². The molecule has 0 fully saturated rings. The number of anilines is 1. The summed E-state index contributed by atoms with van der Waals surface area (Å²) in [6, 6.07) is 6.17. The third-order valence-corrected chi connectivity index (χ3v) is 4.08. The number of hydrogen-bond acceptors (Lipinski definition) is 4. The van der Waals surface area contributed by atoms with Gasteiger partial charge in [0.2, 0.25) is 0 Å². The van der Waals surface area contributed by atoms with E-state index in [9.17, 15) is 0 Å². The molecule has 5 heteroatoms. The summed E-state index contributed by atoms with van der Waals surface area (Å²) in [4.78, 5) is 0. The van der Waals surface area contributed by atoms with Gasteiger partial charge in [-0.1, -0.05) is 0 Å². The van der Waals surface area contributed by atoms with Crippen molar-refractivity contribution in [2.24, 2.45) is 7.05 Å². The van der Waals surface area contributed by atoms with Crippen molar-refractivity contribution in [2.45, 2.75) is 26.3 Å². The first-order valence-corrected chi connectivity index (χ1v) is 7.17. The van der Waals surface area contributed by atoms with Gasteiger partial charge in [-0.3, -0.25) is 4.68 Å². The van der Waals surface area contributed by atoms with Crippen molar-refractivity contribution in [3.05, 3.63) is 35.2 Å². The highest BCUT2D eigenvalue weighted by Gasteiger charge is 2.24. The lowest BCUT2D eigenvalue weighted by molar-refractivity contribution is 0.273. The number of benzene rings is 1. The average molecular weight is 287 g/mol. The molecule has 0 bridgehead atoms. The average Bonchev–Trinajstić information content (AvgIpc) is 2.73. The second-order valence-corrected chi connectivity index (χ2v) is 5.41. The third kappa shape index (κ3) is 2.44. The molecular weight excluding hydrogens is 266 g/mol. The smallest absolute Gasteiger partial charge is 0.124 e. The molecule has 1 aromatic heterocycles. The van der Waals surface area contributed by atoms with Crippen LogP contribution in [0.3, 0.4) is 0 Å². The van der Waals surface area contributed by atoms with E-state index in [1.165, 1.54) is 0 Å². The van der Waals surface area contributed by atoms with Gasteiger partial charge in [0.1, 0.15) is 11.5 Å². The summed E-state index contributed by atoms with van der Waals surface area (Å²) in [6.07, 6.45) is 0.925. The van der Waals surface area contributed by atoms with E-state index >= 15 is 0 Å². The van der Waals surface area contributed by atoms with Gasteiger partial charge in [0.25, 0.3) is 0 Å². The largest absolute Gasteiger partial charge is 0.497 e. The molecule has 1 N–H and O–H groups in total. The van der Waals surface area contributed by atoms with Crippen LogP contribution in [0, 0.1) is 13.8 Å². The quantitative estimate of drug-likeness (QED) is 0.943. The molecule has 0 aliphatic carbocycles. The van der Waals surface area contributed by atoms with Crippen LogP contribution in [-0.4, -0.2) is 23.5 Å². The summed E-state index contributed by atoms with van der Waals surface area (Å²) in [5, 5.41) is 8.09. The van der Waals surface area contributed by atoms with Crippen LogP contribution in [0.15, 0.2) is 18.2 Å². The first kappa shape index (κ1) is 13.8. The molecule has 1 aliphatic heterocycles. The predicted molar refractivity (Wildman–Crippen MR) is 82.2 cm³/mol. The summed E-state index contributed by atoms with van der Waals surface area (Å²) in [7, 11) is 3.65. The molecule has 1 aromatic carbocycles. The molecule has 1 unspecified atom stereocenters. The van der Waals surface area contributed by atoms with Crippen molar-refractivity contribution in [1.82, 2.24) is 9.78 Å². The van der Waals surface area contributed by atoms with Crippen LogP contribution >= 0.6 is 0 Å². The van der Waals surface area contributed by atoms with Gasteiger partial charge in [0.05, 0.1) is 36.8 Å². The number of aryl methyl sites for hydroxylation is 2. The minimum Gasteiger partial charge on any atom is -0.497 e. The van der Waals surface area contributed by atoms with Crippen LogP contribution in [0.25, 0.3) is 0 Å². The molecule has 2 aromatic rings. The van der Waals surface area contributed by atoms with Crippen molar-refractivity contribution in [1.29, 1.82) is 0 Å². The van der Waals surface area contributed by atoms with Gasteiger partial charge in [-0.05, 0) is 32.0 Å². The van der Waals surface area contributed by atoms with E-state index in [1.807, 2.05) is 36.9 Å². The zero-order chi connectivity index (χ0) is 15.0. The molecule has 3 rings (SSSR count). The lowest BCUT2D eigenvalue weighted by Crippen LogP contribution is -2.21. The number of nitrogens with zero attached hydrogens (tertiary/aromatic N) is 2. The highest BCUT2D eigenvalue weighted by atomic mass is 16.5. The lowest BCUT2D eigenvalue weighted by Gasteiger charge is -2.28. The molecule has 0 saturated heterocycles. The summed E-state index contributed by atoms with van der Waals surface area (Å²) < 4.78 is 13.0. The van der Waals surface area contributed by atoms with Crippen molar-refractivity contribution >= 4 is 5.69 Å². The topological polar surface area (TPSA) is 48.3 Å². The van der Waals surface area contributed by atoms with Crippen molar-refractivity contribution < 1.29 is 9.47 Å². The van der Waals surface area contributed by atoms with Gasteiger partial charge < -0.3 is 14.8 Å². The van der Waals surface area contributed by atoms with Crippen LogP contribution in [0.4, 0.5) is 5.69 Å². The maximum atomic E-state index is 5.74. The van der Waals surface area contributed by atoms with E-state index in [0.717, 1.165) is 47.2 Å². The Morgan fingerprint density at radius 2 is 2.19 bits per heavy atom. The molecule has 1 atom stereocenters. The SMILES string of the molecule is COc1ccc2c(c1)C(Nc1c(C)nn(C)c1C)CCO2. The minimum atomic E-state index is 0.213. The molecule has 0 amide bonds. The predicted octanol–water partition coefficient (Wildman–Crippen LogP) is 2.98. The van der Waals surface area contributed by atoms with Gasteiger partial charge in [0, 0.05) is 19.0 Å².